The van der Waals surface area contributed by atoms with E-state index in [9.17, 15) is 0 Å². The summed E-state index contributed by atoms with van der Waals surface area (Å²) < 4.78 is 3.01. The summed E-state index contributed by atoms with van der Waals surface area (Å²) in [4.78, 5) is 6.68. The van der Waals surface area contributed by atoms with Gasteiger partial charge in [-0.05, 0) is 0 Å². The van der Waals surface area contributed by atoms with Crippen molar-refractivity contribution in [2.75, 3.05) is 0 Å². The zero-order valence-electron chi connectivity index (χ0n) is 4.88. The molecule has 0 aromatic heterocycles. The Morgan fingerprint density at radius 3 is 1.71 bits per heavy atom. The van der Waals surface area contributed by atoms with Gasteiger partial charge in [0.25, 0.3) is 0 Å². The molecule has 7 heavy (non-hydrogen) atoms. The Morgan fingerprint density at radius 2 is 1.71 bits per heavy atom. The van der Waals surface area contributed by atoms with Gasteiger partial charge in [0.1, 0.15) is 0 Å². The molecule has 0 heterocycles. The predicted molar refractivity (Wildman–Crippen MR) is 37.0 cm³/mol. The van der Waals surface area contributed by atoms with Crippen LogP contribution in [0.5, 0.6) is 0 Å². The van der Waals surface area contributed by atoms with E-state index in [0.717, 1.165) is 0 Å². The van der Waals surface area contributed by atoms with Crippen molar-refractivity contribution in [1.29, 1.82) is 0 Å². The molecule has 0 aromatic rings. The molecule has 0 saturated carbocycles. The molecule has 0 aromatic carbocycles. The van der Waals surface area contributed by atoms with Gasteiger partial charge in [-0.15, -0.1) is 0 Å². The minimum absolute atomic E-state index is 1.77. The van der Waals surface area contributed by atoms with E-state index in [0.29, 0.717) is 0 Å². The Morgan fingerprint density at radius 1 is 1.29 bits per heavy atom. The molecule has 0 N–H and O–H groups in total. The summed E-state index contributed by atoms with van der Waals surface area (Å²) in [7, 11) is 0. The molecule has 0 radical (unpaired) electrons. The van der Waals surface area contributed by atoms with E-state index in [4.69, 9.17) is 11.6 Å². The third-order valence-corrected chi connectivity index (χ3v) is 3.47. The number of hydrogen-bond acceptors (Lipinski definition) is 0. The van der Waals surface area contributed by atoms with Crippen LogP contribution in [0, 0.1) is 9.32 Å². The van der Waals surface area contributed by atoms with Crippen molar-refractivity contribution in [3.63, 3.8) is 0 Å². The Balaban J connectivity index is 3.72. The first kappa shape index (κ1) is 7.65. The summed E-state index contributed by atoms with van der Waals surface area (Å²) in [6, 6.07) is 0. The zero-order valence-corrected chi connectivity index (χ0v) is 8.49. The molecule has 0 atom stereocenters. The summed E-state index contributed by atoms with van der Waals surface area (Å²) in [6.07, 6.45) is 0. The average molecular weight is 223 g/mol. The van der Waals surface area contributed by atoms with Crippen molar-refractivity contribution >= 4 is 30.0 Å². The molecule has 0 rings (SSSR count). The SMILES string of the molecule is [CH3][Sn]([CH3])([CH3])[C]#CCl. The molecule has 40 valence electrons. The van der Waals surface area contributed by atoms with Gasteiger partial charge >= 0.3 is 54.1 Å². The molecule has 0 bridgehead atoms. The molecule has 0 unspecified atom stereocenters. The summed E-state index contributed by atoms with van der Waals surface area (Å²) in [5, 5.41) is 2.42. The Bertz CT molecular complexity index is 101. The van der Waals surface area contributed by atoms with Gasteiger partial charge in [0, 0.05) is 0 Å². The fraction of sp³-hybridized carbons (Fsp3) is 0.600. The van der Waals surface area contributed by atoms with Gasteiger partial charge in [0.2, 0.25) is 0 Å². The second kappa shape index (κ2) is 2.84. The first-order valence-corrected chi connectivity index (χ1v) is 12.6. The van der Waals surface area contributed by atoms with Crippen LogP contribution in [0.3, 0.4) is 0 Å². The van der Waals surface area contributed by atoms with Gasteiger partial charge in [-0.3, -0.25) is 0 Å². The Labute approximate surface area is 54.1 Å². The van der Waals surface area contributed by atoms with Gasteiger partial charge in [-0.1, -0.05) is 0 Å². The van der Waals surface area contributed by atoms with Crippen LogP contribution in [0.15, 0.2) is 0 Å². The van der Waals surface area contributed by atoms with Crippen LogP contribution < -0.4 is 0 Å². The number of halogens is 1. The van der Waals surface area contributed by atoms with Gasteiger partial charge in [0.05, 0.1) is 0 Å². The first-order valence-electron chi connectivity index (χ1n) is 2.19. The molecular formula is C5H9ClSn. The maximum atomic E-state index is 5.18. The normalized spacial score (nSPS) is 9.71. The van der Waals surface area contributed by atoms with Gasteiger partial charge in [0.15, 0.2) is 0 Å². The van der Waals surface area contributed by atoms with Crippen molar-refractivity contribution in [3.8, 4) is 9.32 Å². The maximum absolute atomic E-state index is 5.18. The van der Waals surface area contributed by atoms with Crippen molar-refractivity contribution < 1.29 is 0 Å². The quantitative estimate of drug-likeness (QED) is 0.435. The fourth-order valence-electron chi connectivity index (χ4n) is 0.142. The van der Waals surface area contributed by atoms with E-state index >= 15 is 0 Å². The molecule has 0 fully saturated rings. The van der Waals surface area contributed by atoms with Crippen LogP contribution >= 0.6 is 11.6 Å². The second-order valence-electron chi connectivity index (χ2n) is 2.47. The van der Waals surface area contributed by atoms with Crippen LogP contribution in [0.4, 0.5) is 0 Å². The minimum atomic E-state index is -1.77. The van der Waals surface area contributed by atoms with E-state index in [1.807, 2.05) is 0 Å². The second-order valence-corrected chi connectivity index (χ2v) is 16.2. The van der Waals surface area contributed by atoms with Crippen molar-refractivity contribution in [1.82, 2.24) is 0 Å². The molecule has 0 aliphatic heterocycles. The fourth-order valence-corrected chi connectivity index (χ4v) is 2.85. The summed E-state index contributed by atoms with van der Waals surface area (Å²) in [6.45, 7) is 0. The molecule has 0 spiro atoms. The third kappa shape index (κ3) is 6.65. The number of rotatable bonds is 0. The monoisotopic (exact) mass is 224 g/mol. The average Bonchev–Trinajstić information content (AvgIpc) is 1.30. The molecule has 0 saturated heterocycles. The van der Waals surface area contributed by atoms with Crippen LogP contribution in [0.2, 0.25) is 14.8 Å². The van der Waals surface area contributed by atoms with Crippen molar-refractivity contribution in [2.24, 2.45) is 0 Å². The van der Waals surface area contributed by atoms with Crippen LogP contribution in [-0.4, -0.2) is 18.4 Å². The van der Waals surface area contributed by atoms with Gasteiger partial charge < -0.3 is 0 Å². The van der Waals surface area contributed by atoms with Crippen LogP contribution in [0.25, 0.3) is 0 Å². The predicted octanol–water partition coefficient (Wildman–Crippen LogP) is 2.06. The first-order chi connectivity index (χ1) is 3.06. The van der Waals surface area contributed by atoms with E-state index in [1.165, 1.54) is 0 Å². The Hall–Kier alpha value is 0.649. The summed E-state index contributed by atoms with van der Waals surface area (Å²) in [5.41, 5.74) is 0. The molecule has 0 amide bonds. The molecular weight excluding hydrogens is 214 g/mol. The van der Waals surface area contributed by atoms with Gasteiger partial charge in [-0.25, -0.2) is 0 Å². The standard InChI is InChI=1S/C2Cl.3CH3.Sn/c1-2-3;;;;/h;3*1H3;. The van der Waals surface area contributed by atoms with Crippen molar-refractivity contribution in [2.45, 2.75) is 14.8 Å². The number of hydrogen-bond donors (Lipinski definition) is 0. The van der Waals surface area contributed by atoms with Crippen molar-refractivity contribution in [3.05, 3.63) is 0 Å². The molecule has 0 aliphatic rings. The molecule has 0 aliphatic carbocycles. The van der Waals surface area contributed by atoms with Crippen LogP contribution in [-0.2, 0) is 0 Å². The van der Waals surface area contributed by atoms with E-state index in [1.54, 1.807) is 0 Å². The van der Waals surface area contributed by atoms with E-state index in [2.05, 4.69) is 24.1 Å². The van der Waals surface area contributed by atoms with Gasteiger partial charge in [-0.2, -0.15) is 0 Å². The van der Waals surface area contributed by atoms with E-state index < -0.39 is 18.4 Å². The molecule has 0 nitrogen and oxygen atoms in total. The van der Waals surface area contributed by atoms with Crippen LogP contribution in [0.1, 0.15) is 0 Å². The summed E-state index contributed by atoms with van der Waals surface area (Å²) in [5.74, 6) is 0. The topological polar surface area (TPSA) is 0 Å². The van der Waals surface area contributed by atoms with E-state index in [-0.39, 0.29) is 0 Å². The Kier molecular flexibility index (Phi) is 3.10. The zero-order chi connectivity index (χ0) is 5.91. The third-order valence-electron chi connectivity index (χ3n) is 0.422. The molecule has 2 heteroatoms. The summed E-state index contributed by atoms with van der Waals surface area (Å²) >= 11 is 3.41.